The van der Waals surface area contributed by atoms with Crippen LogP contribution >= 0.6 is 0 Å². The highest BCUT2D eigenvalue weighted by Crippen LogP contribution is 2.38. The Morgan fingerprint density at radius 2 is 1.86 bits per heavy atom. The molecule has 0 aliphatic rings. The average Bonchev–Trinajstić information content (AvgIpc) is 3.25. The van der Waals surface area contributed by atoms with Gasteiger partial charge in [-0.2, -0.15) is 5.10 Å². The summed E-state index contributed by atoms with van der Waals surface area (Å²) in [4.78, 5) is 17.5. The number of benzene rings is 2. The quantitative estimate of drug-likeness (QED) is 0.533. The van der Waals surface area contributed by atoms with Gasteiger partial charge in [0.15, 0.2) is 0 Å². The van der Waals surface area contributed by atoms with E-state index in [0.29, 0.717) is 25.3 Å². The summed E-state index contributed by atoms with van der Waals surface area (Å²) in [7, 11) is 1.61. The summed E-state index contributed by atoms with van der Waals surface area (Å²) < 4.78 is 13.0. The van der Waals surface area contributed by atoms with Crippen LogP contribution in [0.25, 0.3) is 0 Å². The molecule has 0 aliphatic heterocycles. The number of para-hydroxylation sites is 1. The number of carbonyl (C=O) groups excluding carboxylic acids is 1. The number of aromatic nitrogens is 3. The largest absolute Gasteiger partial charge is 0.496 e. The molecule has 146 valence electrons. The number of ether oxygens (including phenoxy) is 2. The minimum atomic E-state index is -1.00. The molecule has 0 saturated carbocycles. The van der Waals surface area contributed by atoms with Gasteiger partial charge in [-0.1, -0.05) is 55.5 Å². The molecule has 1 unspecified atom stereocenters. The van der Waals surface area contributed by atoms with Crippen molar-refractivity contribution in [2.24, 2.45) is 0 Å². The number of hydrogen-bond donors (Lipinski definition) is 0. The van der Waals surface area contributed by atoms with Crippen molar-refractivity contribution in [3.63, 3.8) is 0 Å². The first-order valence-electron chi connectivity index (χ1n) is 9.36. The lowest BCUT2D eigenvalue weighted by Gasteiger charge is -2.33. The zero-order valence-corrected chi connectivity index (χ0v) is 16.2. The van der Waals surface area contributed by atoms with Crippen LogP contribution in [-0.2, 0) is 27.9 Å². The van der Waals surface area contributed by atoms with Crippen molar-refractivity contribution in [3.8, 4) is 5.75 Å². The Morgan fingerprint density at radius 1 is 1.11 bits per heavy atom. The normalized spacial score (nSPS) is 12.9. The maximum Gasteiger partial charge on any atom is 0.318 e. The molecule has 0 amide bonds. The second-order valence-electron chi connectivity index (χ2n) is 6.67. The van der Waals surface area contributed by atoms with Crippen LogP contribution in [0.15, 0.2) is 67.3 Å². The van der Waals surface area contributed by atoms with Gasteiger partial charge < -0.3 is 9.47 Å². The molecule has 0 radical (unpaired) electrons. The van der Waals surface area contributed by atoms with E-state index in [9.17, 15) is 4.79 Å². The molecule has 0 fully saturated rings. The van der Waals surface area contributed by atoms with Crippen molar-refractivity contribution in [1.82, 2.24) is 14.8 Å². The summed E-state index contributed by atoms with van der Waals surface area (Å²) in [5.41, 5.74) is 0.802. The topological polar surface area (TPSA) is 66.2 Å². The maximum atomic E-state index is 13.5. The Bertz CT molecular complexity index is 881. The van der Waals surface area contributed by atoms with Gasteiger partial charge >= 0.3 is 5.97 Å². The van der Waals surface area contributed by atoms with E-state index in [1.807, 2.05) is 61.5 Å². The van der Waals surface area contributed by atoms with E-state index in [0.717, 1.165) is 17.5 Å². The van der Waals surface area contributed by atoms with Crippen LogP contribution < -0.4 is 4.74 Å². The molecular formula is C22H25N3O3. The van der Waals surface area contributed by atoms with E-state index in [4.69, 9.17) is 9.47 Å². The third-order valence-electron chi connectivity index (χ3n) is 4.70. The Morgan fingerprint density at radius 3 is 2.54 bits per heavy atom. The first-order chi connectivity index (χ1) is 13.7. The highest BCUT2D eigenvalue weighted by molar-refractivity contribution is 5.84. The first kappa shape index (κ1) is 19.6. The third-order valence-corrected chi connectivity index (χ3v) is 4.70. The second-order valence-corrected chi connectivity index (χ2v) is 6.67. The lowest BCUT2D eigenvalue weighted by Crippen LogP contribution is -2.44. The fourth-order valence-electron chi connectivity index (χ4n) is 3.39. The molecule has 1 heterocycles. The van der Waals surface area contributed by atoms with Gasteiger partial charge in [0.25, 0.3) is 0 Å². The van der Waals surface area contributed by atoms with E-state index < -0.39 is 5.41 Å². The summed E-state index contributed by atoms with van der Waals surface area (Å²) in [6.07, 6.45) is 4.29. The van der Waals surface area contributed by atoms with Crippen molar-refractivity contribution in [3.05, 3.63) is 78.4 Å². The molecule has 0 spiro atoms. The van der Waals surface area contributed by atoms with Crippen LogP contribution in [0.2, 0.25) is 0 Å². The van der Waals surface area contributed by atoms with Gasteiger partial charge in [-0.15, -0.1) is 0 Å². The van der Waals surface area contributed by atoms with Crippen LogP contribution in [0.4, 0.5) is 0 Å². The molecular weight excluding hydrogens is 354 g/mol. The van der Waals surface area contributed by atoms with E-state index in [-0.39, 0.29) is 5.97 Å². The number of esters is 1. The number of carbonyl (C=O) groups is 1. The Kier molecular flexibility index (Phi) is 6.42. The predicted octanol–water partition coefficient (Wildman–Crippen LogP) is 3.42. The van der Waals surface area contributed by atoms with Crippen molar-refractivity contribution in [2.75, 3.05) is 13.7 Å². The van der Waals surface area contributed by atoms with Crippen LogP contribution in [0, 0.1) is 0 Å². The van der Waals surface area contributed by atoms with Crippen LogP contribution in [0.1, 0.15) is 24.5 Å². The SMILES string of the molecule is CCCOC(=O)C(Cc1ccccc1)(Cn1cncn1)c1ccccc1OC. The van der Waals surface area contributed by atoms with Gasteiger partial charge in [0.1, 0.15) is 23.8 Å². The zero-order chi connectivity index (χ0) is 19.8. The van der Waals surface area contributed by atoms with Crippen LogP contribution in [-0.4, -0.2) is 34.5 Å². The molecule has 1 atom stereocenters. The molecule has 6 nitrogen and oxygen atoms in total. The van der Waals surface area contributed by atoms with E-state index in [1.165, 1.54) is 6.33 Å². The lowest BCUT2D eigenvalue weighted by atomic mass is 9.74. The molecule has 0 N–H and O–H groups in total. The van der Waals surface area contributed by atoms with Gasteiger partial charge in [0.05, 0.1) is 20.3 Å². The van der Waals surface area contributed by atoms with Gasteiger partial charge in [0, 0.05) is 5.56 Å². The van der Waals surface area contributed by atoms with Crippen molar-refractivity contribution >= 4 is 5.97 Å². The molecule has 2 aromatic carbocycles. The standard InChI is InChI=1S/C22H25N3O3/c1-3-13-28-21(26)22(15-25-17-23-16-24-25,14-18-9-5-4-6-10-18)19-11-7-8-12-20(19)27-2/h4-12,16-17H,3,13-15H2,1-2H3. The Balaban J connectivity index is 2.16. The highest BCUT2D eigenvalue weighted by atomic mass is 16.5. The summed E-state index contributed by atoms with van der Waals surface area (Å²) in [6.45, 7) is 2.64. The van der Waals surface area contributed by atoms with Crippen molar-refractivity contribution in [1.29, 1.82) is 0 Å². The van der Waals surface area contributed by atoms with Gasteiger partial charge in [0.2, 0.25) is 0 Å². The Labute approximate surface area is 165 Å². The summed E-state index contributed by atoms with van der Waals surface area (Å²) >= 11 is 0. The number of rotatable bonds is 9. The number of methoxy groups -OCH3 is 1. The predicted molar refractivity (Wildman–Crippen MR) is 106 cm³/mol. The molecule has 0 saturated heterocycles. The zero-order valence-electron chi connectivity index (χ0n) is 16.2. The minimum Gasteiger partial charge on any atom is -0.496 e. The van der Waals surface area contributed by atoms with Crippen LogP contribution in [0.3, 0.4) is 0 Å². The van der Waals surface area contributed by atoms with Gasteiger partial charge in [-0.25, -0.2) is 4.98 Å². The number of hydrogen-bond acceptors (Lipinski definition) is 5. The molecule has 0 aliphatic carbocycles. The molecule has 28 heavy (non-hydrogen) atoms. The van der Waals surface area contributed by atoms with E-state index >= 15 is 0 Å². The molecule has 3 rings (SSSR count). The first-order valence-corrected chi connectivity index (χ1v) is 9.36. The fraction of sp³-hybridized carbons (Fsp3) is 0.318. The number of nitrogens with zero attached hydrogens (tertiary/aromatic N) is 3. The molecule has 6 heteroatoms. The average molecular weight is 379 g/mol. The second kappa shape index (κ2) is 9.17. The smallest absolute Gasteiger partial charge is 0.318 e. The van der Waals surface area contributed by atoms with E-state index in [2.05, 4.69) is 10.1 Å². The van der Waals surface area contributed by atoms with Gasteiger partial charge in [-0.05, 0) is 24.5 Å². The lowest BCUT2D eigenvalue weighted by molar-refractivity contribution is -0.151. The highest BCUT2D eigenvalue weighted by Gasteiger charge is 2.44. The Hall–Kier alpha value is -3.15. The van der Waals surface area contributed by atoms with Crippen molar-refractivity contribution in [2.45, 2.75) is 31.7 Å². The van der Waals surface area contributed by atoms with E-state index in [1.54, 1.807) is 18.1 Å². The molecule has 0 bridgehead atoms. The van der Waals surface area contributed by atoms with Crippen LogP contribution in [0.5, 0.6) is 5.75 Å². The fourth-order valence-corrected chi connectivity index (χ4v) is 3.39. The minimum absolute atomic E-state index is 0.293. The monoisotopic (exact) mass is 379 g/mol. The summed E-state index contributed by atoms with van der Waals surface area (Å²) in [6, 6.07) is 17.5. The third kappa shape index (κ3) is 4.22. The summed E-state index contributed by atoms with van der Waals surface area (Å²) in [5, 5.41) is 4.24. The summed E-state index contributed by atoms with van der Waals surface area (Å²) in [5.74, 6) is 0.352. The maximum absolute atomic E-state index is 13.5. The molecule has 1 aromatic heterocycles. The van der Waals surface area contributed by atoms with Gasteiger partial charge in [-0.3, -0.25) is 9.48 Å². The molecule has 3 aromatic rings. The van der Waals surface area contributed by atoms with Crippen molar-refractivity contribution < 1.29 is 14.3 Å².